The number of carbonyl (C=O) groups excluding carboxylic acids is 1. The molecule has 0 spiro atoms. The predicted molar refractivity (Wildman–Crippen MR) is 146 cm³/mol. The average Bonchev–Trinajstić information content (AvgIpc) is 3.17. The number of ether oxygens (including phenoxy) is 1. The summed E-state index contributed by atoms with van der Waals surface area (Å²) < 4.78 is 12.0. The van der Waals surface area contributed by atoms with Crippen LogP contribution in [0.5, 0.6) is 5.75 Å². The second-order valence-corrected chi connectivity index (χ2v) is 9.98. The fourth-order valence-electron chi connectivity index (χ4n) is 4.90. The molecule has 5 nitrogen and oxygen atoms in total. The van der Waals surface area contributed by atoms with Gasteiger partial charge in [0.15, 0.2) is 5.43 Å². The van der Waals surface area contributed by atoms with Crippen molar-refractivity contribution in [1.82, 2.24) is 4.90 Å². The Bertz CT molecular complexity index is 1480. The van der Waals surface area contributed by atoms with E-state index in [1.165, 1.54) is 12.8 Å². The molecule has 190 valence electrons. The van der Waals surface area contributed by atoms with Gasteiger partial charge >= 0.3 is 0 Å². The van der Waals surface area contributed by atoms with Crippen molar-refractivity contribution in [2.75, 3.05) is 6.61 Å². The van der Waals surface area contributed by atoms with E-state index in [9.17, 15) is 9.59 Å². The van der Waals surface area contributed by atoms with Crippen LogP contribution in [0.1, 0.15) is 71.5 Å². The van der Waals surface area contributed by atoms with Crippen LogP contribution < -0.4 is 10.2 Å². The molecule has 1 unspecified atom stereocenters. The molecule has 6 heteroatoms. The van der Waals surface area contributed by atoms with E-state index in [4.69, 9.17) is 20.8 Å². The molecule has 4 aromatic rings. The number of unbranched alkanes of at least 4 members (excludes halogenated alkanes) is 3. The fraction of sp³-hybridized carbons (Fsp3) is 0.290. The summed E-state index contributed by atoms with van der Waals surface area (Å²) in [5, 5.41) is 0.864. The lowest BCUT2D eigenvalue weighted by atomic mass is 9.98. The third-order valence-electron chi connectivity index (χ3n) is 6.91. The minimum atomic E-state index is -0.581. The van der Waals surface area contributed by atoms with E-state index in [-0.39, 0.29) is 17.1 Å². The normalized spacial score (nSPS) is 14.8. The van der Waals surface area contributed by atoms with Crippen LogP contribution in [0.3, 0.4) is 0 Å². The first-order chi connectivity index (χ1) is 18.0. The number of rotatable bonds is 9. The summed E-state index contributed by atoms with van der Waals surface area (Å²) in [7, 11) is 0. The summed E-state index contributed by atoms with van der Waals surface area (Å²) in [6.45, 7) is 5.04. The van der Waals surface area contributed by atoms with Crippen molar-refractivity contribution < 1.29 is 13.9 Å². The number of halogens is 1. The van der Waals surface area contributed by atoms with Gasteiger partial charge in [0.25, 0.3) is 5.91 Å². The first-order valence-corrected chi connectivity index (χ1v) is 13.2. The molecule has 3 aromatic carbocycles. The lowest BCUT2D eigenvalue weighted by Crippen LogP contribution is -2.29. The molecule has 0 radical (unpaired) electrons. The monoisotopic (exact) mass is 515 g/mol. The van der Waals surface area contributed by atoms with Gasteiger partial charge in [0.1, 0.15) is 11.3 Å². The van der Waals surface area contributed by atoms with Crippen LogP contribution in [-0.4, -0.2) is 17.4 Å². The lowest BCUT2D eigenvalue weighted by Gasteiger charge is -2.25. The van der Waals surface area contributed by atoms with Crippen molar-refractivity contribution in [2.45, 2.75) is 52.1 Å². The predicted octanol–water partition coefficient (Wildman–Crippen LogP) is 7.46. The third kappa shape index (κ3) is 5.01. The summed E-state index contributed by atoms with van der Waals surface area (Å²) in [6.07, 6.45) is 4.56. The Balaban J connectivity index is 1.54. The fourth-order valence-corrected chi connectivity index (χ4v) is 5.06. The first kappa shape index (κ1) is 25.1. The Morgan fingerprint density at radius 3 is 2.46 bits per heavy atom. The highest BCUT2D eigenvalue weighted by Gasteiger charge is 2.42. The van der Waals surface area contributed by atoms with E-state index in [2.05, 4.69) is 6.92 Å². The SMILES string of the molecule is CCCCCCOc1ccc(C2c3c(oc4cc(C)c(Cl)cc4c3=O)C(=O)N2Cc2ccccc2)cc1. The standard InChI is InChI=1S/C31H30ClNO4/c1-3-4-5-9-16-36-23-14-12-22(13-15-23)28-27-29(34)24-18-25(32)20(2)17-26(24)37-30(27)31(35)33(28)19-21-10-7-6-8-11-21/h6-8,10-15,17-18,28H,3-5,9,16,19H2,1-2H3. The molecule has 0 fully saturated rings. The van der Waals surface area contributed by atoms with E-state index in [1.54, 1.807) is 17.0 Å². The van der Waals surface area contributed by atoms with Crippen molar-refractivity contribution in [1.29, 1.82) is 0 Å². The van der Waals surface area contributed by atoms with Crippen LogP contribution >= 0.6 is 11.6 Å². The number of carbonyl (C=O) groups is 1. The van der Waals surface area contributed by atoms with Gasteiger partial charge in [-0.25, -0.2) is 0 Å². The van der Waals surface area contributed by atoms with Gasteiger partial charge in [-0.1, -0.05) is 80.3 Å². The summed E-state index contributed by atoms with van der Waals surface area (Å²) >= 11 is 6.34. The van der Waals surface area contributed by atoms with E-state index in [0.29, 0.717) is 34.7 Å². The summed E-state index contributed by atoms with van der Waals surface area (Å²) in [4.78, 5) is 29.2. The lowest BCUT2D eigenvalue weighted by molar-refractivity contribution is 0.0714. The Kier molecular flexibility index (Phi) is 7.33. The van der Waals surface area contributed by atoms with Crippen molar-refractivity contribution in [3.05, 3.63) is 110 Å². The zero-order valence-corrected chi connectivity index (χ0v) is 21.9. The number of hydrogen-bond acceptors (Lipinski definition) is 4. The Hall–Kier alpha value is -3.57. The number of nitrogens with zero attached hydrogens (tertiary/aromatic N) is 1. The van der Waals surface area contributed by atoms with Crippen LogP contribution in [0.15, 0.2) is 75.9 Å². The van der Waals surface area contributed by atoms with Crippen LogP contribution in [-0.2, 0) is 6.54 Å². The molecule has 0 N–H and O–H groups in total. The topological polar surface area (TPSA) is 59.8 Å². The smallest absolute Gasteiger partial charge is 0.291 e. The van der Waals surface area contributed by atoms with Gasteiger partial charge in [0.2, 0.25) is 5.76 Å². The number of benzene rings is 3. The largest absolute Gasteiger partial charge is 0.494 e. The summed E-state index contributed by atoms with van der Waals surface area (Å²) in [6, 6.07) is 20.2. The van der Waals surface area contributed by atoms with E-state index in [1.807, 2.05) is 61.5 Å². The van der Waals surface area contributed by atoms with Crippen LogP contribution in [0.4, 0.5) is 0 Å². The maximum absolute atomic E-state index is 13.8. The molecule has 1 atom stereocenters. The minimum Gasteiger partial charge on any atom is -0.494 e. The molecule has 2 heterocycles. The summed E-state index contributed by atoms with van der Waals surface area (Å²) in [5.74, 6) is 0.565. The zero-order valence-electron chi connectivity index (χ0n) is 21.1. The molecule has 0 bridgehead atoms. The van der Waals surface area contributed by atoms with Gasteiger partial charge in [-0.3, -0.25) is 9.59 Å². The van der Waals surface area contributed by atoms with Gasteiger partial charge in [-0.05, 0) is 54.3 Å². The van der Waals surface area contributed by atoms with Crippen molar-refractivity contribution >= 4 is 28.5 Å². The van der Waals surface area contributed by atoms with Crippen molar-refractivity contribution in [2.24, 2.45) is 0 Å². The van der Waals surface area contributed by atoms with Gasteiger partial charge in [0, 0.05) is 11.6 Å². The van der Waals surface area contributed by atoms with Gasteiger partial charge < -0.3 is 14.1 Å². The maximum atomic E-state index is 13.8. The highest BCUT2D eigenvalue weighted by molar-refractivity contribution is 6.32. The molecule has 1 aromatic heterocycles. The van der Waals surface area contributed by atoms with Crippen molar-refractivity contribution in [3.8, 4) is 5.75 Å². The molecule has 0 aliphatic carbocycles. The third-order valence-corrected chi connectivity index (χ3v) is 7.31. The Morgan fingerprint density at radius 2 is 1.73 bits per heavy atom. The highest BCUT2D eigenvalue weighted by atomic mass is 35.5. The van der Waals surface area contributed by atoms with Gasteiger partial charge in [-0.15, -0.1) is 0 Å². The number of fused-ring (bicyclic) bond motifs is 2. The second-order valence-electron chi connectivity index (χ2n) is 9.57. The van der Waals surface area contributed by atoms with Crippen molar-refractivity contribution in [3.63, 3.8) is 0 Å². The van der Waals surface area contributed by atoms with Gasteiger partial charge in [-0.2, -0.15) is 0 Å². The molecule has 1 aliphatic rings. The molecule has 5 rings (SSSR count). The van der Waals surface area contributed by atoms with Crippen LogP contribution in [0, 0.1) is 6.92 Å². The van der Waals surface area contributed by atoms with Crippen LogP contribution in [0.2, 0.25) is 5.02 Å². The summed E-state index contributed by atoms with van der Waals surface area (Å²) in [5.41, 5.74) is 3.06. The van der Waals surface area contributed by atoms with E-state index in [0.717, 1.165) is 35.3 Å². The van der Waals surface area contributed by atoms with E-state index >= 15 is 0 Å². The van der Waals surface area contributed by atoms with Gasteiger partial charge in [0.05, 0.1) is 23.6 Å². The molecular formula is C31H30ClNO4. The molecule has 37 heavy (non-hydrogen) atoms. The average molecular weight is 516 g/mol. The molecular weight excluding hydrogens is 486 g/mol. The minimum absolute atomic E-state index is 0.0939. The number of amides is 1. The molecule has 0 saturated heterocycles. The Labute approximate surface area is 221 Å². The zero-order chi connectivity index (χ0) is 25.9. The Morgan fingerprint density at radius 1 is 0.973 bits per heavy atom. The van der Waals surface area contributed by atoms with Crippen LogP contribution in [0.25, 0.3) is 11.0 Å². The number of hydrogen-bond donors (Lipinski definition) is 0. The number of aryl methyl sites for hydroxylation is 1. The highest BCUT2D eigenvalue weighted by Crippen LogP contribution is 2.40. The second kappa shape index (κ2) is 10.8. The maximum Gasteiger partial charge on any atom is 0.291 e. The molecule has 1 aliphatic heterocycles. The molecule has 1 amide bonds. The quantitative estimate of drug-likeness (QED) is 0.217. The molecule has 0 saturated carbocycles. The van der Waals surface area contributed by atoms with E-state index < -0.39 is 6.04 Å². The first-order valence-electron chi connectivity index (χ1n) is 12.8.